The van der Waals surface area contributed by atoms with Gasteiger partial charge in [0.25, 0.3) is 0 Å². The molecule has 4 N–H and O–H groups in total. The Bertz CT molecular complexity index is 1650. The number of rotatable bonds is 2. The van der Waals surface area contributed by atoms with E-state index < -0.39 is 11.6 Å². The van der Waals surface area contributed by atoms with E-state index in [2.05, 4.69) is 42.2 Å². The summed E-state index contributed by atoms with van der Waals surface area (Å²) < 4.78 is 29.0. The monoisotopic (exact) mass is 680 g/mol. The number of hydrogen-bond donors (Lipinski definition) is 4. The first kappa shape index (κ1) is 26.8. The number of nitrogens with one attached hydrogen (secondary N) is 2. The van der Waals surface area contributed by atoms with Crippen LogP contribution in [0.15, 0.2) is 75.7 Å². The Kier molecular flexibility index (Phi) is 7.60. The van der Waals surface area contributed by atoms with Gasteiger partial charge in [0.05, 0.1) is 22.9 Å². The highest BCUT2D eigenvalue weighted by molar-refractivity contribution is 9.10. The van der Waals surface area contributed by atoms with Crippen LogP contribution in [0, 0.1) is 11.6 Å². The normalized spacial score (nSPS) is 14.1. The number of halogens is 6. The van der Waals surface area contributed by atoms with Crippen LogP contribution in [0.25, 0.3) is 22.2 Å². The lowest BCUT2D eigenvalue weighted by Gasteiger charge is -2.14. The van der Waals surface area contributed by atoms with Crippen molar-refractivity contribution >= 4 is 71.7 Å². The van der Waals surface area contributed by atoms with Gasteiger partial charge < -0.3 is 20.5 Å². The van der Waals surface area contributed by atoms with Gasteiger partial charge in [-0.15, -0.1) is 0 Å². The first-order valence-electron chi connectivity index (χ1n) is 11.3. The molecular weight excluding hydrogens is 665 g/mol. The van der Waals surface area contributed by atoms with E-state index in [0.717, 1.165) is 22.2 Å². The smallest absolute Gasteiger partial charge is 0.137 e. The minimum Gasteiger partial charge on any atom is -0.507 e. The van der Waals surface area contributed by atoms with Crippen LogP contribution < -0.4 is 5.32 Å². The molecule has 0 amide bonds. The highest BCUT2D eigenvalue weighted by Gasteiger charge is 2.27. The summed E-state index contributed by atoms with van der Waals surface area (Å²) in [6, 6.07) is 18.0. The second kappa shape index (κ2) is 10.8. The lowest BCUT2D eigenvalue weighted by molar-refractivity contribution is 0.452. The lowest BCUT2D eigenvalue weighted by atomic mass is 10.0. The number of phenolic OH excluding ortho intramolecular Hbond substituents is 2. The molecule has 0 saturated heterocycles. The molecule has 0 saturated carbocycles. The van der Waals surface area contributed by atoms with Crippen LogP contribution in [0.1, 0.15) is 17.2 Å². The van der Waals surface area contributed by atoms with Crippen LogP contribution in [0.5, 0.6) is 11.5 Å². The third-order valence-corrected chi connectivity index (χ3v) is 7.51. The molecule has 0 bridgehead atoms. The van der Waals surface area contributed by atoms with Crippen molar-refractivity contribution in [3.63, 3.8) is 0 Å². The Labute approximate surface area is 243 Å². The molecule has 4 aromatic carbocycles. The zero-order chi connectivity index (χ0) is 27.1. The van der Waals surface area contributed by atoms with Crippen LogP contribution in [-0.4, -0.2) is 15.2 Å². The number of aromatic nitrogens is 1. The second-order valence-electron chi connectivity index (χ2n) is 8.72. The van der Waals surface area contributed by atoms with Crippen LogP contribution in [0.3, 0.4) is 0 Å². The quantitative estimate of drug-likeness (QED) is 0.150. The van der Waals surface area contributed by atoms with Gasteiger partial charge in [0.2, 0.25) is 0 Å². The third-order valence-electron chi connectivity index (χ3n) is 6.13. The van der Waals surface area contributed by atoms with Gasteiger partial charge in [0.1, 0.15) is 23.1 Å². The highest BCUT2D eigenvalue weighted by atomic mass is 79.9. The number of aromatic amines is 1. The second-order valence-corrected chi connectivity index (χ2v) is 11.4. The molecule has 1 atom stereocenters. The topological polar surface area (TPSA) is 68.3 Å². The zero-order valence-electron chi connectivity index (χ0n) is 19.3. The van der Waals surface area contributed by atoms with Crippen molar-refractivity contribution in [1.82, 2.24) is 4.98 Å². The van der Waals surface area contributed by atoms with Gasteiger partial charge in [-0.3, -0.25) is 0 Å². The van der Waals surface area contributed by atoms with E-state index in [0.29, 0.717) is 31.1 Å². The Morgan fingerprint density at radius 1 is 0.789 bits per heavy atom. The molecule has 1 aliphatic rings. The van der Waals surface area contributed by atoms with Crippen molar-refractivity contribution in [1.29, 1.82) is 0 Å². The standard InChI is InChI=1S/C14H10BrClFNO.C14H8BrClFNO/c2*15-8-5-10(17)14(13(19)6-8)12-4-7-3-9(16)1-2-11(7)18-12/h1-3,5-6,12,18-19H,4H2;1-6,18-19H. The van der Waals surface area contributed by atoms with Crippen molar-refractivity contribution in [2.24, 2.45) is 0 Å². The fraction of sp³-hybridized carbons (Fsp3) is 0.0714. The average molecular weight is 683 g/mol. The SMILES string of the molecule is Oc1cc(Br)cc(F)c1-c1cc2cc(Cl)ccc2[nH]1.Oc1cc(Br)cc(F)c1C1Cc2cc(Cl)ccc2N1. The van der Waals surface area contributed by atoms with Crippen molar-refractivity contribution in [2.75, 3.05) is 5.32 Å². The molecule has 6 rings (SSSR count). The van der Waals surface area contributed by atoms with Gasteiger partial charge in [-0.05, 0) is 78.7 Å². The Balaban J connectivity index is 0.000000155. The van der Waals surface area contributed by atoms with Crippen molar-refractivity contribution in [2.45, 2.75) is 12.5 Å². The molecule has 2 heterocycles. The fourth-order valence-corrected chi connectivity index (χ4v) is 5.70. The largest absolute Gasteiger partial charge is 0.507 e. The van der Waals surface area contributed by atoms with Crippen molar-refractivity contribution in [3.8, 4) is 22.8 Å². The van der Waals surface area contributed by atoms with Crippen molar-refractivity contribution < 1.29 is 19.0 Å². The summed E-state index contributed by atoms with van der Waals surface area (Å²) in [5.41, 5.74) is 3.74. The van der Waals surface area contributed by atoms with Gasteiger partial charge in [-0.2, -0.15) is 0 Å². The van der Waals surface area contributed by atoms with Crippen LogP contribution in [-0.2, 0) is 6.42 Å². The molecule has 0 fully saturated rings. The van der Waals surface area contributed by atoms with E-state index in [-0.39, 0.29) is 28.7 Å². The first-order chi connectivity index (χ1) is 18.1. The predicted molar refractivity (Wildman–Crippen MR) is 155 cm³/mol. The summed E-state index contributed by atoms with van der Waals surface area (Å²) in [5.74, 6) is -1.10. The summed E-state index contributed by atoms with van der Waals surface area (Å²) in [6.07, 6.45) is 0.599. The van der Waals surface area contributed by atoms with Gasteiger partial charge in [0, 0.05) is 35.6 Å². The molecule has 1 unspecified atom stereocenters. The van der Waals surface area contributed by atoms with Crippen molar-refractivity contribution in [3.05, 3.63) is 108 Å². The fourth-order valence-electron chi connectivity index (χ4n) is 4.49. The number of phenols is 2. The number of H-pyrrole nitrogens is 1. The predicted octanol–water partition coefficient (Wildman–Crippen LogP) is 9.75. The molecule has 4 nitrogen and oxygen atoms in total. The highest BCUT2D eigenvalue weighted by Crippen LogP contribution is 2.40. The van der Waals surface area contributed by atoms with E-state index in [1.807, 2.05) is 18.2 Å². The Hall–Kier alpha value is -2.78. The van der Waals surface area contributed by atoms with Crippen LogP contribution in [0.2, 0.25) is 10.0 Å². The van der Waals surface area contributed by atoms with Gasteiger partial charge in [-0.1, -0.05) is 55.1 Å². The molecule has 38 heavy (non-hydrogen) atoms. The molecule has 5 aromatic rings. The molecule has 1 aromatic heterocycles. The molecule has 194 valence electrons. The number of aromatic hydroxyl groups is 2. The molecule has 0 radical (unpaired) electrons. The summed E-state index contributed by atoms with van der Waals surface area (Å²) >= 11 is 18.1. The number of hydrogen-bond acceptors (Lipinski definition) is 3. The van der Waals surface area contributed by atoms with E-state index in [9.17, 15) is 19.0 Å². The maximum absolute atomic E-state index is 14.0. The van der Waals surface area contributed by atoms with E-state index >= 15 is 0 Å². The maximum atomic E-state index is 14.0. The summed E-state index contributed by atoms with van der Waals surface area (Å²) in [7, 11) is 0. The number of benzene rings is 4. The van der Waals surface area contributed by atoms with Gasteiger partial charge in [-0.25, -0.2) is 8.78 Å². The minimum atomic E-state index is -0.496. The van der Waals surface area contributed by atoms with E-state index in [4.69, 9.17) is 23.2 Å². The minimum absolute atomic E-state index is 0.0525. The summed E-state index contributed by atoms with van der Waals surface area (Å²) in [6.45, 7) is 0. The van der Waals surface area contributed by atoms with E-state index in [1.165, 1.54) is 24.3 Å². The number of fused-ring (bicyclic) bond motifs is 2. The number of anilines is 1. The molecule has 0 spiro atoms. The Morgan fingerprint density at radius 2 is 1.45 bits per heavy atom. The zero-order valence-corrected chi connectivity index (χ0v) is 24.0. The van der Waals surface area contributed by atoms with E-state index in [1.54, 1.807) is 24.3 Å². The first-order valence-corrected chi connectivity index (χ1v) is 13.6. The third kappa shape index (κ3) is 5.50. The Morgan fingerprint density at radius 3 is 2.16 bits per heavy atom. The molecule has 0 aliphatic carbocycles. The molecule has 10 heteroatoms. The average Bonchev–Trinajstić information content (AvgIpc) is 3.41. The maximum Gasteiger partial charge on any atom is 0.137 e. The van der Waals surface area contributed by atoms with Gasteiger partial charge in [0.15, 0.2) is 0 Å². The van der Waals surface area contributed by atoms with Crippen LogP contribution >= 0.6 is 55.1 Å². The van der Waals surface area contributed by atoms with Crippen LogP contribution in [0.4, 0.5) is 14.5 Å². The lowest BCUT2D eigenvalue weighted by Crippen LogP contribution is -2.08. The summed E-state index contributed by atoms with van der Waals surface area (Å²) in [4.78, 5) is 3.07. The summed E-state index contributed by atoms with van der Waals surface area (Å²) in [5, 5.41) is 25.2. The molecule has 1 aliphatic heterocycles. The molecular formula is C28H18Br2Cl2F2N2O2. The van der Waals surface area contributed by atoms with Gasteiger partial charge >= 0.3 is 0 Å².